The second-order valence-corrected chi connectivity index (χ2v) is 7.37. The summed E-state index contributed by atoms with van der Waals surface area (Å²) in [5, 5.41) is 10.4. The number of ether oxygens (including phenoxy) is 1. The fourth-order valence-electron chi connectivity index (χ4n) is 2.71. The van der Waals surface area contributed by atoms with Crippen LogP contribution in [-0.4, -0.2) is 37.3 Å². The Morgan fingerprint density at radius 3 is 2.61 bits per heavy atom. The number of nitrogens with one attached hydrogen (secondary N) is 1. The van der Waals surface area contributed by atoms with Gasteiger partial charge in [0.15, 0.2) is 5.71 Å². The van der Waals surface area contributed by atoms with Crippen LogP contribution in [0, 0.1) is 18.8 Å². The van der Waals surface area contributed by atoms with E-state index in [1.165, 1.54) is 35.5 Å². The molecule has 0 heterocycles. The van der Waals surface area contributed by atoms with Gasteiger partial charge in [-0.25, -0.2) is 0 Å². The molecule has 0 radical (unpaired) electrons. The molecule has 0 aliphatic carbocycles. The summed E-state index contributed by atoms with van der Waals surface area (Å²) in [6, 6.07) is 11.4. The number of hydrogen-bond donors (Lipinski definition) is 1. The summed E-state index contributed by atoms with van der Waals surface area (Å²) < 4.78 is 30.5. The molecule has 10 heteroatoms. The summed E-state index contributed by atoms with van der Waals surface area (Å²) in [4.78, 5) is 22.5. The number of carbonyl (C=O) groups is 1. The minimum Gasteiger partial charge on any atom is -0.430 e. The van der Waals surface area contributed by atoms with E-state index < -0.39 is 11.8 Å². The number of oxime groups is 2. The molecule has 2 aromatic rings. The van der Waals surface area contributed by atoms with Gasteiger partial charge in [-0.05, 0) is 52.8 Å². The van der Waals surface area contributed by atoms with Crippen molar-refractivity contribution in [2.75, 3.05) is 14.2 Å². The zero-order valence-corrected chi connectivity index (χ0v) is 19.8. The molecule has 0 aliphatic heterocycles. The van der Waals surface area contributed by atoms with E-state index in [1.807, 2.05) is 13.0 Å². The van der Waals surface area contributed by atoms with Crippen molar-refractivity contribution in [3.05, 3.63) is 64.7 Å². The number of halogens is 2. The highest BCUT2D eigenvalue weighted by atomic mass is 31.0. The second-order valence-electron chi connectivity index (χ2n) is 6.69. The molecule has 1 unspecified atom stereocenters. The van der Waals surface area contributed by atoms with Crippen molar-refractivity contribution >= 4 is 26.6 Å². The normalized spacial score (nSPS) is 11.8. The maximum Gasteiger partial charge on any atom is 0.408 e. The first-order valence-electron chi connectivity index (χ1n) is 9.71. The summed E-state index contributed by atoms with van der Waals surface area (Å²) in [5.41, 5.74) is 3.10. The maximum absolute atomic E-state index is 13.0. The molecule has 33 heavy (non-hydrogen) atoms. The van der Waals surface area contributed by atoms with Gasteiger partial charge < -0.3 is 19.7 Å². The van der Waals surface area contributed by atoms with Crippen LogP contribution in [0.15, 0.2) is 52.8 Å². The second kappa shape index (κ2) is 11.9. The molecule has 0 saturated heterocycles. The van der Waals surface area contributed by atoms with Gasteiger partial charge in [0.25, 0.3) is 5.91 Å². The molecule has 0 saturated carbocycles. The fraction of sp³-hybridized carbons (Fsp3) is 0.261. The van der Waals surface area contributed by atoms with Gasteiger partial charge >= 0.3 is 5.85 Å². The molecule has 1 N–H and O–H groups in total. The number of hydrogen-bond acceptors (Lipinski definition) is 6. The SMILES string of the molecule is CNC(=O)/C(=N/OC)c1cccc(C)c1CO/N=C(\C)C#Cc1cccc(OC(F)(F)P)c1. The molecular weight excluding hydrogens is 451 g/mol. The summed E-state index contributed by atoms with van der Waals surface area (Å²) in [5.74, 6) is 1.84. The van der Waals surface area contributed by atoms with Gasteiger partial charge in [0.2, 0.25) is 0 Å². The van der Waals surface area contributed by atoms with Gasteiger partial charge in [-0.2, -0.15) is 8.78 Å². The van der Waals surface area contributed by atoms with Crippen molar-refractivity contribution < 1.29 is 28.0 Å². The van der Waals surface area contributed by atoms with Crippen LogP contribution in [0.25, 0.3) is 0 Å². The average Bonchev–Trinajstić information content (AvgIpc) is 2.76. The Bertz CT molecular complexity index is 1120. The van der Waals surface area contributed by atoms with Crippen LogP contribution in [0.4, 0.5) is 8.78 Å². The van der Waals surface area contributed by atoms with Crippen molar-refractivity contribution in [3.8, 4) is 17.6 Å². The summed E-state index contributed by atoms with van der Waals surface area (Å²) in [6.07, 6.45) is 0. The summed E-state index contributed by atoms with van der Waals surface area (Å²) in [6.45, 7) is 3.58. The van der Waals surface area contributed by atoms with Crippen LogP contribution in [0.5, 0.6) is 5.75 Å². The molecule has 0 bridgehead atoms. The number of nitrogens with zero attached hydrogens (tertiary/aromatic N) is 2. The Labute approximate surface area is 193 Å². The first-order valence-corrected chi connectivity index (χ1v) is 10.3. The van der Waals surface area contributed by atoms with Gasteiger partial charge in [-0.3, -0.25) is 4.79 Å². The van der Waals surface area contributed by atoms with Crippen molar-refractivity contribution in [1.29, 1.82) is 0 Å². The van der Waals surface area contributed by atoms with Crippen LogP contribution in [-0.2, 0) is 21.1 Å². The lowest BCUT2D eigenvalue weighted by Gasteiger charge is -2.12. The Balaban J connectivity index is 2.16. The predicted octanol–water partition coefficient (Wildman–Crippen LogP) is 3.84. The molecule has 7 nitrogen and oxygen atoms in total. The number of alkyl halides is 2. The number of rotatable bonds is 8. The number of aryl methyl sites for hydroxylation is 1. The van der Waals surface area contributed by atoms with E-state index in [0.29, 0.717) is 22.4 Å². The molecular formula is C23H24F2N3O4P. The van der Waals surface area contributed by atoms with E-state index in [4.69, 9.17) is 9.68 Å². The van der Waals surface area contributed by atoms with Crippen molar-refractivity contribution in [3.63, 3.8) is 0 Å². The maximum atomic E-state index is 13.0. The predicted molar refractivity (Wildman–Crippen MR) is 125 cm³/mol. The van der Waals surface area contributed by atoms with E-state index in [0.717, 1.165) is 5.56 Å². The quantitative estimate of drug-likeness (QED) is 0.272. The minimum atomic E-state index is -3.36. The highest BCUT2D eigenvalue weighted by Gasteiger charge is 2.23. The van der Waals surface area contributed by atoms with E-state index in [-0.39, 0.29) is 18.1 Å². The standard InChI is InChI=1S/C23H24F2N3O4P/c1-15-7-5-10-19(21(28-30-4)22(29)26-3)20(15)14-31-27-16(2)11-12-17-8-6-9-18(13-17)32-23(24,25)33/h5-10,13H,14,33H2,1-4H3,(H,26,29)/b27-16+,28-21+. The molecule has 1 amide bonds. The largest absolute Gasteiger partial charge is 0.430 e. The highest BCUT2D eigenvalue weighted by molar-refractivity contribution is 7.17. The molecule has 2 aromatic carbocycles. The van der Waals surface area contributed by atoms with Gasteiger partial charge in [0.1, 0.15) is 25.2 Å². The summed E-state index contributed by atoms with van der Waals surface area (Å²) in [7, 11) is 4.17. The molecule has 174 valence electrons. The smallest absolute Gasteiger partial charge is 0.408 e. The van der Waals surface area contributed by atoms with Gasteiger partial charge in [-0.15, -0.1) is 0 Å². The summed E-state index contributed by atoms with van der Waals surface area (Å²) >= 11 is 0. The van der Waals surface area contributed by atoms with Crippen LogP contribution in [0.3, 0.4) is 0 Å². The molecule has 1 atom stereocenters. The zero-order chi connectivity index (χ0) is 24.4. The number of carbonyl (C=O) groups excluding carboxylic acids is 1. The van der Waals surface area contributed by atoms with E-state index in [2.05, 4.69) is 32.2 Å². The van der Waals surface area contributed by atoms with Gasteiger partial charge in [0, 0.05) is 23.7 Å². The third-order valence-corrected chi connectivity index (χ3v) is 4.29. The molecule has 0 aliphatic rings. The Kier molecular flexibility index (Phi) is 9.31. The third kappa shape index (κ3) is 8.17. The van der Waals surface area contributed by atoms with Crippen LogP contribution in [0.2, 0.25) is 0 Å². The first-order chi connectivity index (χ1) is 15.6. The highest BCUT2D eigenvalue weighted by Crippen LogP contribution is 2.27. The lowest BCUT2D eigenvalue weighted by atomic mass is 9.98. The lowest BCUT2D eigenvalue weighted by Crippen LogP contribution is -2.29. The van der Waals surface area contributed by atoms with Crippen LogP contribution >= 0.6 is 9.24 Å². The molecule has 0 aromatic heterocycles. The Hall–Kier alpha value is -3.50. The number of amides is 1. The third-order valence-electron chi connectivity index (χ3n) is 4.18. The number of benzene rings is 2. The van der Waals surface area contributed by atoms with Gasteiger partial charge in [0.05, 0.1) is 0 Å². The number of likely N-dealkylation sites (N-methyl/N-ethyl adjacent to an activating group) is 1. The topological polar surface area (TPSA) is 81.5 Å². The minimum absolute atomic E-state index is 0.00984. The van der Waals surface area contributed by atoms with Crippen molar-refractivity contribution in [2.45, 2.75) is 26.3 Å². The Morgan fingerprint density at radius 2 is 1.94 bits per heavy atom. The van der Waals surface area contributed by atoms with Crippen molar-refractivity contribution in [2.24, 2.45) is 10.3 Å². The monoisotopic (exact) mass is 475 g/mol. The molecule has 0 fully saturated rings. The van der Waals surface area contributed by atoms with Crippen molar-refractivity contribution in [1.82, 2.24) is 5.32 Å². The molecule has 0 spiro atoms. The Morgan fingerprint density at radius 1 is 1.21 bits per heavy atom. The first kappa shape index (κ1) is 25.8. The molecule has 2 rings (SSSR count). The average molecular weight is 475 g/mol. The fourth-order valence-corrected chi connectivity index (χ4v) is 2.85. The van der Waals surface area contributed by atoms with E-state index >= 15 is 0 Å². The van der Waals surface area contributed by atoms with E-state index in [9.17, 15) is 13.6 Å². The van der Waals surface area contributed by atoms with E-state index in [1.54, 1.807) is 31.2 Å². The van der Waals surface area contributed by atoms with Crippen LogP contribution in [0.1, 0.15) is 29.2 Å². The lowest BCUT2D eigenvalue weighted by molar-refractivity contribution is -0.114. The van der Waals surface area contributed by atoms with Gasteiger partial charge in [-0.1, -0.05) is 40.5 Å². The van der Waals surface area contributed by atoms with Crippen LogP contribution < -0.4 is 10.1 Å². The zero-order valence-electron chi connectivity index (χ0n) is 18.6.